The van der Waals surface area contributed by atoms with Crippen molar-refractivity contribution in [2.75, 3.05) is 56.8 Å². The van der Waals surface area contributed by atoms with E-state index in [9.17, 15) is 26.0 Å². The zero-order chi connectivity index (χ0) is 25.4. The van der Waals surface area contributed by atoms with Crippen molar-refractivity contribution < 1.29 is 30.8 Å². The van der Waals surface area contributed by atoms with Crippen LogP contribution in [-0.4, -0.2) is 79.5 Å². The van der Waals surface area contributed by atoms with Gasteiger partial charge in [0.1, 0.15) is 5.82 Å². The number of halogens is 1. The van der Waals surface area contributed by atoms with E-state index < -0.39 is 25.5 Å². The highest BCUT2D eigenvalue weighted by Crippen LogP contribution is 2.29. The fourth-order valence-corrected chi connectivity index (χ4v) is 5.56. The summed E-state index contributed by atoms with van der Waals surface area (Å²) in [6.45, 7) is 2.25. The van der Waals surface area contributed by atoms with Gasteiger partial charge in [0.2, 0.25) is 0 Å². The number of hydrogen-bond donors (Lipinski definition) is 0. The molecule has 0 atom stereocenters. The van der Waals surface area contributed by atoms with Crippen LogP contribution in [0, 0.1) is 5.82 Å². The minimum Gasteiger partial charge on any atom is -0.377 e. The summed E-state index contributed by atoms with van der Waals surface area (Å²) in [6.07, 6.45) is 4.65. The topological polar surface area (TPSA) is 101 Å². The van der Waals surface area contributed by atoms with Gasteiger partial charge in [-0.1, -0.05) is 12.1 Å². The molecule has 2 heterocycles. The standard InChI is InChI=1S/C24H27FN2O6S2/c1-34(29,30)18-3-5-20(17-7-13-33-14-8-17)21(15-18)24(28)27-11-9-26(10-12-27)23-6-4-19(16-22(23)25)35(2,31)32/h3-7,15-16H,8-14H2,1-2H3. The molecular formula is C24H27FN2O6S2. The van der Waals surface area contributed by atoms with Crippen LogP contribution in [0.15, 0.2) is 52.3 Å². The molecule has 0 saturated carbocycles. The molecule has 0 radical (unpaired) electrons. The van der Waals surface area contributed by atoms with E-state index in [1.54, 1.807) is 15.9 Å². The monoisotopic (exact) mass is 522 g/mol. The van der Waals surface area contributed by atoms with Crippen molar-refractivity contribution in [2.24, 2.45) is 0 Å². The maximum absolute atomic E-state index is 14.6. The van der Waals surface area contributed by atoms with Crippen LogP contribution in [-0.2, 0) is 24.4 Å². The largest absolute Gasteiger partial charge is 0.377 e. The summed E-state index contributed by atoms with van der Waals surface area (Å²) in [5, 5.41) is 0. The smallest absolute Gasteiger partial charge is 0.254 e. The van der Waals surface area contributed by atoms with E-state index in [-0.39, 0.29) is 21.4 Å². The predicted molar refractivity (Wildman–Crippen MR) is 131 cm³/mol. The molecule has 2 aromatic rings. The lowest BCUT2D eigenvalue weighted by Crippen LogP contribution is -2.49. The molecule has 2 aromatic carbocycles. The highest BCUT2D eigenvalue weighted by Gasteiger charge is 2.27. The number of carbonyl (C=O) groups is 1. The molecular weight excluding hydrogens is 495 g/mol. The lowest BCUT2D eigenvalue weighted by Gasteiger charge is -2.36. The second kappa shape index (κ2) is 9.71. The predicted octanol–water partition coefficient (Wildman–Crippen LogP) is 2.40. The van der Waals surface area contributed by atoms with Gasteiger partial charge in [-0.3, -0.25) is 4.79 Å². The second-order valence-corrected chi connectivity index (χ2v) is 12.7. The molecule has 0 aliphatic carbocycles. The number of sulfone groups is 2. The van der Waals surface area contributed by atoms with Crippen molar-refractivity contribution in [3.63, 3.8) is 0 Å². The zero-order valence-electron chi connectivity index (χ0n) is 19.5. The number of hydrogen-bond acceptors (Lipinski definition) is 7. The summed E-state index contributed by atoms with van der Waals surface area (Å²) in [6, 6.07) is 8.44. The first-order valence-corrected chi connectivity index (χ1v) is 14.9. The van der Waals surface area contributed by atoms with E-state index in [2.05, 4.69) is 0 Å². The van der Waals surface area contributed by atoms with Crippen molar-refractivity contribution in [3.8, 4) is 0 Å². The Morgan fingerprint density at radius 1 is 0.914 bits per heavy atom. The number of ether oxygens (including phenoxy) is 1. The van der Waals surface area contributed by atoms with E-state index in [1.165, 1.54) is 24.3 Å². The molecule has 0 bridgehead atoms. The van der Waals surface area contributed by atoms with Crippen molar-refractivity contribution in [1.82, 2.24) is 4.90 Å². The van der Waals surface area contributed by atoms with Gasteiger partial charge < -0.3 is 14.5 Å². The van der Waals surface area contributed by atoms with Crippen LogP contribution in [0.2, 0.25) is 0 Å². The Kier molecular flexibility index (Phi) is 7.03. The molecule has 8 nitrogen and oxygen atoms in total. The van der Waals surface area contributed by atoms with E-state index in [0.717, 1.165) is 24.2 Å². The third-order valence-corrected chi connectivity index (χ3v) is 8.43. The highest BCUT2D eigenvalue weighted by atomic mass is 32.2. The van der Waals surface area contributed by atoms with Gasteiger partial charge >= 0.3 is 0 Å². The molecule has 188 valence electrons. The fraction of sp³-hybridized carbons (Fsp3) is 0.375. The summed E-state index contributed by atoms with van der Waals surface area (Å²) < 4.78 is 67.7. The Hall–Kier alpha value is -2.76. The maximum Gasteiger partial charge on any atom is 0.254 e. The third kappa shape index (κ3) is 5.57. The van der Waals surface area contributed by atoms with E-state index in [1.807, 2.05) is 6.08 Å². The van der Waals surface area contributed by atoms with Gasteiger partial charge in [0.15, 0.2) is 19.7 Å². The highest BCUT2D eigenvalue weighted by molar-refractivity contribution is 7.91. The summed E-state index contributed by atoms with van der Waals surface area (Å²) in [5.41, 5.74) is 2.22. The van der Waals surface area contributed by atoms with Crippen molar-refractivity contribution in [1.29, 1.82) is 0 Å². The number of carbonyl (C=O) groups excluding carboxylic acids is 1. The Labute approximate surface area is 204 Å². The molecule has 0 N–H and O–H groups in total. The van der Waals surface area contributed by atoms with Crippen molar-refractivity contribution in [3.05, 3.63) is 59.4 Å². The average Bonchev–Trinajstić information content (AvgIpc) is 2.83. The second-order valence-electron chi connectivity index (χ2n) is 8.70. The van der Waals surface area contributed by atoms with Crippen LogP contribution in [0.25, 0.3) is 5.57 Å². The molecule has 1 amide bonds. The Morgan fingerprint density at radius 2 is 1.54 bits per heavy atom. The number of nitrogens with zero attached hydrogens (tertiary/aromatic N) is 2. The molecule has 2 aliphatic rings. The SMILES string of the molecule is CS(=O)(=O)c1ccc(N2CCN(C(=O)c3cc(S(C)(=O)=O)ccc3C3=CCOCC3)CC2)c(F)c1. The number of rotatable bonds is 5. The summed E-state index contributed by atoms with van der Waals surface area (Å²) >= 11 is 0. The minimum atomic E-state index is -3.52. The quantitative estimate of drug-likeness (QED) is 0.594. The molecule has 1 fully saturated rings. The van der Waals surface area contributed by atoms with Crippen LogP contribution in [0.3, 0.4) is 0 Å². The van der Waals surface area contributed by atoms with Gasteiger partial charge in [-0.15, -0.1) is 0 Å². The van der Waals surface area contributed by atoms with Crippen LogP contribution in [0.4, 0.5) is 10.1 Å². The number of amides is 1. The van der Waals surface area contributed by atoms with Gasteiger partial charge in [-0.25, -0.2) is 21.2 Å². The molecule has 0 aromatic heterocycles. The molecule has 11 heteroatoms. The zero-order valence-corrected chi connectivity index (χ0v) is 21.2. The van der Waals surface area contributed by atoms with Gasteiger partial charge in [-0.2, -0.15) is 0 Å². The first kappa shape index (κ1) is 25.3. The Balaban J connectivity index is 1.57. The van der Waals surface area contributed by atoms with E-state index in [0.29, 0.717) is 56.9 Å². The maximum atomic E-state index is 14.6. The van der Waals surface area contributed by atoms with E-state index >= 15 is 0 Å². The van der Waals surface area contributed by atoms with Crippen molar-refractivity contribution >= 4 is 36.8 Å². The van der Waals surface area contributed by atoms with Gasteiger partial charge in [0.05, 0.1) is 28.7 Å². The average molecular weight is 523 g/mol. The van der Waals surface area contributed by atoms with Gasteiger partial charge in [0.25, 0.3) is 5.91 Å². The Bertz CT molecular complexity index is 1400. The molecule has 0 unspecified atom stereocenters. The molecule has 2 aliphatic heterocycles. The number of anilines is 1. The lowest BCUT2D eigenvalue weighted by atomic mass is 9.95. The number of piperazine rings is 1. The summed E-state index contributed by atoms with van der Waals surface area (Å²) in [7, 11) is -7.03. The number of benzene rings is 2. The summed E-state index contributed by atoms with van der Waals surface area (Å²) in [4.78, 5) is 16.9. The van der Waals surface area contributed by atoms with Gasteiger partial charge in [-0.05, 0) is 47.9 Å². The van der Waals surface area contributed by atoms with Crippen LogP contribution >= 0.6 is 0 Å². The van der Waals surface area contributed by atoms with Crippen molar-refractivity contribution in [2.45, 2.75) is 16.2 Å². The normalized spacial score (nSPS) is 17.3. The van der Waals surface area contributed by atoms with Gasteiger partial charge in [0, 0.05) is 44.3 Å². The van der Waals surface area contributed by atoms with Crippen LogP contribution < -0.4 is 4.90 Å². The molecule has 1 saturated heterocycles. The molecule has 0 spiro atoms. The first-order chi connectivity index (χ1) is 16.4. The molecule has 35 heavy (non-hydrogen) atoms. The first-order valence-electron chi connectivity index (χ1n) is 11.1. The fourth-order valence-electron chi connectivity index (χ4n) is 4.28. The van der Waals surface area contributed by atoms with Crippen LogP contribution in [0.1, 0.15) is 22.3 Å². The lowest BCUT2D eigenvalue weighted by molar-refractivity contribution is 0.0746. The Morgan fingerprint density at radius 3 is 2.11 bits per heavy atom. The molecule has 4 rings (SSSR count). The van der Waals surface area contributed by atoms with Crippen LogP contribution in [0.5, 0.6) is 0 Å². The summed E-state index contributed by atoms with van der Waals surface area (Å²) in [5.74, 6) is -0.923. The van der Waals surface area contributed by atoms with E-state index in [4.69, 9.17) is 4.74 Å². The minimum absolute atomic E-state index is 0.0731. The third-order valence-electron chi connectivity index (χ3n) is 6.21.